The Hall–Kier alpha value is -2.10. The number of aromatic nitrogens is 3. The molecule has 0 saturated carbocycles. The maximum Gasteiger partial charge on any atom is 0.151 e. The van der Waals surface area contributed by atoms with Gasteiger partial charge in [0.15, 0.2) is 6.29 Å². The Balaban J connectivity index is 2.39. The van der Waals surface area contributed by atoms with Crippen LogP contribution in [-0.4, -0.2) is 21.2 Å². The number of aldehydes is 1. The first-order chi connectivity index (χ1) is 6.90. The number of hydrogen-bond acceptors (Lipinski definition) is 4. The molecule has 0 fully saturated rings. The summed E-state index contributed by atoms with van der Waals surface area (Å²) in [5.74, 6) is 0. The van der Waals surface area contributed by atoms with Crippen LogP contribution in [0.15, 0.2) is 37.1 Å². The molecule has 4 nitrogen and oxygen atoms in total. The largest absolute Gasteiger partial charge is 0.298 e. The average Bonchev–Trinajstić information content (AvgIpc) is 2.30. The highest BCUT2D eigenvalue weighted by atomic mass is 16.1. The van der Waals surface area contributed by atoms with Crippen molar-refractivity contribution in [2.24, 2.45) is 0 Å². The van der Waals surface area contributed by atoms with Gasteiger partial charge in [0, 0.05) is 29.7 Å². The van der Waals surface area contributed by atoms with E-state index in [1.807, 2.05) is 0 Å². The van der Waals surface area contributed by atoms with Crippen molar-refractivity contribution in [2.75, 3.05) is 0 Å². The van der Waals surface area contributed by atoms with Gasteiger partial charge in [0.1, 0.15) is 6.33 Å². The van der Waals surface area contributed by atoms with Gasteiger partial charge in [0.2, 0.25) is 0 Å². The highest BCUT2D eigenvalue weighted by Gasteiger charge is 1.98. The van der Waals surface area contributed by atoms with Gasteiger partial charge in [0.05, 0.1) is 5.69 Å². The smallest absolute Gasteiger partial charge is 0.151 e. The van der Waals surface area contributed by atoms with Gasteiger partial charge in [-0.1, -0.05) is 0 Å². The number of pyridine rings is 1. The minimum Gasteiger partial charge on any atom is -0.298 e. The Morgan fingerprint density at radius 1 is 1.07 bits per heavy atom. The molecule has 2 aromatic heterocycles. The maximum absolute atomic E-state index is 10.4. The van der Waals surface area contributed by atoms with E-state index in [2.05, 4.69) is 15.0 Å². The molecular formula is C10H7N3O. The van der Waals surface area contributed by atoms with Crippen molar-refractivity contribution in [1.29, 1.82) is 0 Å². The minimum absolute atomic E-state index is 0.561. The van der Waals surface area contributed by atoms with E-state index in [1.165, 1.54) is 12.5 Å². The first-order valence-electron chi connectivity index (χ1n) is 4.07. The molecule has 2 heterocycles. The predicted octanol–water partition coefficient (Wildman–Crippen LogP) is 1.35. The predicted molar refractivity (Wildman–Crippen MR) is 50.7 cm³/mol. The molecule has 14 heavy (non-hydrogen) atoms. The molecule has 0 radical (unpaired) electrons. The topological polar surface area (TPSA) is 55.7 Å². The molecule has 4 heteroatoms. The van der Waals surface area contributed by atoms with Gasteiger partial charge in [-0.3, -0.25) is 9.78 Å². The quantitative estimate of drug-likeness (QED) is 0.662. The summed E-state index contributed by atoms with van der Waals surface area (Å²) >= 11 is 0. The zero-order chi connectivity index (χ0) is 9.80. The fourth-order valence-corrected chi connectivity index (χ4v) is 1.08. The van der Waals surface area contributed by atoms with E-state index in [4.69, 9.17) is 0 Å². The molecule has 0 aromatic carbocycles. The van der Waals surface area contributed by atoms with Gasteiger partial charge < -0.3 is 0 Å². The molecule has 0 saturated heterocycles. The molecule has 0 spiro atoms. The molecule has 0 unspecified atom stereocenters. The van der Waals surface area contributed by atoms with E-state index < -0.39 is 0 Å². The first kappa shape index (κ1) is 8.50. The molecule has 0 amide bonds. The molecule has 0 atom stereocenters. The van der Waals surface area contributed by atoms with E-state index in [9.17, 15) is 4.79 Å². The summed E-state index contributed by atoms with van der Waals surface area (Å²) in [4.78, 5) is 22.3. The van der Waals surface area contributed by atoms with Crippen LogP contribution in [0.1, 0.15) is 10.4 Å². The van der Waals surface area contributed by atoms with E-state index >= 15 is 0 Å². The number of nitrogens with zero attached hydrogens (tertiary/aromatic N) is 3. The minimum atomic E-state index is 0.561. The van der Waals surface area contributed by atoms with E-state index in [1.54, 1.807) is 24.5 Å². The molecular weight excluding hydrogens is 178 g/mol. The van der Waals surface area contributed by atoms with Crippen LogP contribution < -0.4 is 0 Å². The highest BCUT2D eigenvalue weighted by Crippen LogP contribution is 2.13. The van der Waals surface area contributed by atoms with Crippen LogP contribution in [0.25, 0.3) is 11.3 Å². The number of carbonyl (C=O) groups is 1. The van der Waals surface area contributed by atoms with Crippen LogP contribution in [0.3, 0.4) is 0 Å². The Morgan fingerprint density at radius 2 is 1.86 bits per heavy atom. The third-order valence-corrected chi connectivity index (χ3v) is 1.78. The van der Waals surface area contributed by atoms with E-state index in [-0.39, 0.29) is 0 Å². The maximum atomic E-state index is 10.4. The van der Waals surface area contributed by atoms with Crippen LogP contribution in [0, 0.1) is 0 Å². The molecule has 68 valence electrons. The van der Waals surface area contributed by atoms with Crippen LogP contribution in [0.2, 0.25) is 0 Å². The Kier molecular flexibility index (Phi) is 2.27. The zero-order valence-electron chi connectivity index (χ0n) is 7.29. The summed E-state index contributed by atoms with van der Waals surface area (Å²) in [7, 11) is 0. The van der Waals surface area contributed by atoms with Crippen molar-refractivity contribution >= 4 is 6.29 Å². The second kappa shape index (κ2) is 3.74. The van der Waals surface area contributed by atoms with Crippen molar-refractivity contribution < 1.29 is 4.79 Å². The fraction of sp³-hybridized carbons (Fsp3) is 0. The number of rotatable bonds is 2. The lowest BCUT2D eigenvalue weighted by molar-refractivity contribution is 0.112. The molecule has 2 rings (SSSR count). The van der Waals surface area contributed by atoms with Crippen molar-refractivity contribution in [3.63, 3.8) is 0 Å². The average molecular weight is 185 g/mol. The highest BCUT2D eigenvalue weighted by molar-refractivity contribution is 5.75. The summed E-state index contributed by atoms with van der Waals surface area (Å²) in [5, 5.41) is 0. The van der Waals surface area contributed by atoms with Crippen LogP contribution in [0.5, 0.6) is 0 Å². The van der Waals surface area contributed by atoms with Crippen molar-refractivity contribution in [3.8, 4) is 11.3 Å². The third kappa shape index (κ3) is 1.64. The molecule has 0 N–H and O–H groups in total. The SMILES string of the molecule is O=Cc1ccc(-c2cncnc2)nc1. The van der Waals surface area contributed by atoms with Crippen molar-refractivity contribution in [2.45, 2.75) is 0 Å². The van der Waals surface area contributed by atoms with Crippen molar-refractivity contribution in [3.05, 3.63) is 42.6 Å². The fourth-order valence-electron chi connectivity index (χ4n) is 1.08. The summed E-state index contributed by atoms with van der Waals surface area (Å²) in [6.45, 7) is 0. The Morgan fingerprint density at radius 3 is 2.43 bits per heavy atom. The normalized spacial score (nSPS) is 9.71. The second-order valence-corrected chi connectivity index (χ2v) is 2.72. The lowest BCUT2D eigenvalue weighted by Gasteiger charge is -1.98. The molecule has 2 aromatic rings. The summed E-state index contributed by atoms with van der Waals surface area (Å²) in [6.07, 6.45) is 7.10. The van der Waals surface area contributed by atoms with Gasteiger partial charge in [-0.15, -0.1) is 0 Å². The second-order valence-electron chi connectivity index (χ2n) is 2.72. The lowest BCUT2D eigenvalue weighted by atomic mass is 10.2. The van der Waals surface area contributed by atoms with Gasteiger partial charge in [-0.05, 0) is 12.1 Å². The van der Waals surface area contributed by atoms with E-state index in [0.29, 0.717) is 5.56 Å². The summed E-state index contributed by atoms with van der Waals surface area (Å²) < 4.78 is 0. The van der Waals surface area contributed by atoms with Crippen LogP contribution >= 0.6 is 0 Å². The molecule has 0 aliphatic rings. The molecule has 0 aliphatic heterocycles. The van der Waals surface area contributed by atoms with Gasteiger partial charge in [-0.2, -0.15) is 0 Å². The number of carbonyl (C=O) groups excluding carboxylic acids is 1. The van der Waals surface area contributed by atoms with Gasteiger partial charge >= 0.3 is 0 Å². The monoisotopic (exact) mass is 185 g/mol. The van der Waals surface area contributed by atoms with Gasteiger partial charge in [-0.25, -0.2) is 9.97 Å². The first-order valence-corrected chi connectivity index (χ1v) is 4.07. The van der Waals surface area contributed by atoms with Crippen LogP contribution in [-0.2, 0) is 0 Å². The molecule has 0 bridgehead atoms. The number of hydrogen-bond donors (Lipinski definition) is 0. The van der Waals surface area contributed by atoms with Crippen LogP contribution in [0.4, 0.5) is 0 Å². The standard InChI is InChI=1S/C10H7N3O/c14-6-8-1-2-10(13-3-8)9-4-11-7-12-5-9/h1-7H. The summed E-state index contributed by atoms with van der Waals surface area (Å²) in [6, 6.07) is 3.48. The molecule has 0 aliphatic carbocycles. The van der Waals surface area contributed by atoms with E-state index in [0.717, 1.165) is 17.5 Å². The Labute approximate surface area is 80.7 Å². The zero-order valence-corrected chi connectivity index (χ0v) is 7.29. The van der Waals surface area contributed by atoms with Crippen molar-refractivity contribution in [1.82, 2.24) is 15.0 Å². The summed E-state index contributed by atoms with van der Waals surface area (Å²) in [5.41, 5.74) is 2.16. The van der Waals surface area contributed by atoms with Gasteiger partial charge in [0.25, 0.3) is 0 Å². The lowest BCUT2D eigenvalue weighted by Crippen LogP contribution is -1.87. The third-order valence-electron chi connectivity index (χ3n) is 1.78. The Bertz CT molecular complexity index is 425.